The van der Waals surface area contributed by atoms with E-state index in [9.17, 15) is 41.2 Å². The molecule has 0 unspecified atom stereocenters. The second-order valence-corrected chi connectivity index (χ2v) is 7.00. The van der Waals surface area contributed by atoms with Gasteiger partial charge >= 0.3 is 24.2 Å². The maximum atomic E-state index is 13.2. The molecule has 0 aliphatic carbocycles. The topological polar surface area (TPSA) is 92.8 Å². The van der Waals surface area contributed by atoms with Crippen LogP contribution in [-0.2, 0) is 9.59 Å². The third-order valence-electron chi connectivity index (χ3n) is 4.83. The molecule has 0 atom stereocenters. The van der Waals surface area contributed by atoms with Crippen molar-refractivity contribution in [3.63, 3.8) is 0 Å². The lowest BCUT2D eigenvalue weighted by Gasteiger charge is -2.20. The minimum Gasteiger partial charge on any atom is -0.497 e. The lowest BCUT2D eigenvalue weighted by molar-refractivity contribution is -0.182. The van der Waals surface area contributed by atoms with E-state index in [4.69, 9.17) is 13.9 Å². The molecule has 0 aliphatic rings. The summed E-state index contributed by atoms with van der Waals surface area (Å²) in [7, 11) is 2.72. The molecule has 0 radical (unpaired) electrons. The third kappa shape index (κ3) is 4.97. The minimum absolute atomic E-state index is 0.100. The molecule has 2 amide bonds. The zero-order chi connectivity index (χ0) is 26.8. The molecule has 0 N–H and O–H groups in total. The predicted octanol–water partition coefficient (Wildman–Crippen LogP) is 5.49. The second-order valence-electron chi connectivity index (χ2n) is 7.00. The number of methoxy groups -OCH3 is 2. The quantitative estimate of drug-likeness (QED) is 0.420. The van der Waals surface area contributed by atoms with Gasteiger partial charge in [0.05, 0.1) is 14.2 Å². The highest BCUT2D eigenvalue weighted by Gasteiger charge is 2.55. The summed E-state index contributed by atoms with van der Waals surface area (Å²) in [5.74, 6) is -7.55. The molecule has 0 bridgehead atoms. The maximum Gasteiger partial charge on any atom is 0.472 e. The number of alkyl halides is 6. The summed E-state index contributed by atoms with van der Waals surface area (Å²) >= 11 is 0. The standard InChI is InChI=1S/C23H14F6N2O5/c1-34-14-7-3-12(4-8-14)17-16(11-30)19(36-18(17)13-5-9-15(35-2)10-6-13)31(20(32)22(24,25)26)21(33)23(27,28)29/h3-10H,1-2H3. The first kappa shape index (κ1) is 26.1. The number of hydrogen-bond donors (Lipinski definition) is 0. The van der Waals surface area contributed by atoms with E-state index in [1.54, 1.807) is 0 Å². The fourth-order valence-corrected chi connectivity index (χ4v) is 3.19. The summed E-state index contributed by atoms with van der Waals surface area (Å²) < 4.78 is 94.7. The molecule has 0 fully saturated rings. The van der Waals surface area contributed by atoms with Crippen LogP contribution in [0.2, 0.25) is 0 Å². The molecule has 0 saturated heterocycles. The van der Waals surface area contributed by atoms with E-state index in [1.807, 2.05) is 0 Å². The Morgan fingerprint density at radius 1 is 0.806 bits per heavy atom. The highest BCUT2D eigenvalue weighted by atomic mass is 19.4. The van der Waals surface area contributed by atoms with Crippen LogP contribution in [0.15, 0.2) is 52.9 Å². The van der Waals surface area contributed by atoms with Crippen molar-refractivity contribution in [3.8, 4) is 40.0 Å². The smallest absolute Gasteiger partial charge is 0.472 e. The third-order valence-corrected chi connectivity index (χ3v) is 4.83. The van der Waals surface area contributed by atoms with E-state index in [2.05, 4.69) is 0 Å². The van der Waals surface area contributed by atoms with E-state index in [0.29, 0.717) is 11.5 Å². The van der Waals surface area contributed by atoms with Gasteiger partial charge in [-0.1, -0.05) is 12.1 Å². The summed E-state index contributed by atoms with van der Waals surface area (Å²) in [6.07, 6.45) is -11.8. The van der Waals surface area contributed by atoms with Gasteiger partial charge in [-0.25, -0.2) is 4.90 Å². The van der Waals surface area contributed by atoms with Gasteiger partial charge in [0.25, 0.3) is 0 Å². The van der Waals surface area contributed by atoms with Crippen LogP contribution in [0.4, 0.5) is 32.2 Å². The van der Waals surface area contributed by atoms with Crippen molar-refractivity contribution in [1.82, 2.24) is 0 Å². The number of amides is 2. The average molecular weight is 512 g/mol. The first-order valence-corrected chi connectivity index (χ1v) is 9.71. The zero-order valence-corrected chi connectivity index (χ0v) is 18.3. The van der Waals surface area contributed by atoms with Crippen LogP contribution in [0.1, 0.15) is 5.56 Å². The van der Waals surface area contributed by atoms with E-state index in [-0.39, 0.29) is 22.5 Å². The van der Waals surface area contributed by atoms with Crippen LogP contribution in [0.3, 0.4) is 0 Å². The first-order chi connectivity index (χ1) is 16.8. The van der Waals surface area contributed by atoms with Crippen LogP contribution < -0.4 is 14.4 Å². The molecule has 3 aromatic rings. The number of furan rings is 1. The minimum atomic E-state index is -5.90. The Kier molecular flexibility index (Phi) is 7.01. The molecule has 0 saturated carbocycles. The predicted molar refractivity (Wildman–Crippen MR) is 112 cm³/mol. The number of halogens is 6. The number of carbonyl (C=O) groups excluding carboxylic acids is 2. The number of hydrogen-bond acceptors (Lipinski definition) is 6. The van der Waals surface area contributed by atoms with Crippen molar-refractivity contribution in [2.24, 2.45) is 0 Å². The van der Waals surface area contributed by atoms with Crippen molar-refractivity contribution in [2.45, 2.75) is 12.4 Å². The number of nitrogens with zero attached hydrogens (tertiary/aromatic N) is 2. The number of rotatable bonds is 5. The normalized spacial score (nSPS) is 11.5. The molecule has 188 valence electrons. The van der Waals surface area contributed by atoms with Crippen LogP contribution in [0.5, 0.6) is 11.5 Å². The SMILES string of the molecule is COc1ccc(-c2oc(N(C(=O)C(F)(F)F)C(=O)C(F)(F)F)c(C#N)c2-c2ccc(OC)cc2)cc1. The molecular weight excluding hydrogens is 498 g/mol. The summed E-state index contributed by atoms with van der Waals surface area (Å²) in [5.41, 5.74) is -0.938. The van der Waals surface area contributed by atoms with Gasteiger partial charge in [0.2, 0.25) is 5.88 Å². The van der Waals surface area contributed by atoms with E-state index < -0.39 is 40.5 Å². The van der Waals surface area contributed by atoms with Crippen molar-refractivity contribution in [2.75, 3.05) is 19.1 Å². The van der Waals surface area contributed by atoms with Gasteiger partial charge in [0.1, 0.15) is 28.9 Å². The number of carbonyl (C=O) groups is 2. The Morgan fingerprint density at radius 3 is 1.58 bits per heavy atom. The molecule has 2 aromatic carbocycles. The Labute approximate surface area is 199 Å². The number of benzene rings is 2. The summed E-state index contributed by atoms with van der Waals surface area (Å²) in [6.45, 7) is 0. The molecule has 1 aromatic heterocycles. The summed E-state index contributed by atoms with van der Waals surface area (Å²) in [5, 5.41) is 9.76. The van der Waals surface area contributed by atoms with Gasteiger partial charge in [-0.05, 0) is 42.0 Å². The number of ether oxygens (including phenoxy) is 2. The molecule has 7 nitrogen and oxygen atoms in total. The molecule has 13 heteroatoms. The van der Waals surface area contributed by atoms with Crippen LogP contribution in [0, 0.1) is 11.3 Å². The molecule has 1 heterocycles. The van der Waals surface area contributed by atoms with Crippen molar-refractivity contribution in [1.29, 1.82) is 5.26 Å². The number of nitriles is 1. The highest BCUT2D eigenvalue weighted by Crippen LogP contribution is 2.45. The van der Waals surface area contributed by atoms with E-state index in [1.165, 1.54) is 68.8 Å². The number of anilines is 1. The van der Waals surface area contributed by atoms with Gasteiger partial charge in [-0.2, -0.15) is 31.6 Å². The van der Waals surface area contributed by atoms with Crippen molar-refractivity contribution in [3.05, 3.63) is 54.1 Å². The summed E-state index contributed by atoms with van der Waals surface area (Å²) in [4.78, 5) is 22.7. The average Bonchev–Trinajstić information content (AvgIpc) is 3.22. The molecule has 36 heavy (non-hydrogen) atoms. The van der Waals surface area contributed by atoms with E-state index in [0.717, 1.165) is 0 Å². The van der Waals surface area contributed by atoms with Gasteiger partial charge in [-0.3, -0.25) is 9.59 Å². The van der Waals surface area contributed by atoms with E-state index >= 15 is 0 Å². The van der Waals surface area contributed by atoms with Gasteiger partial charge < -0.3 is 13.9 Å². The summed E-state index contributed by atoms with van der Waals surface area (Å²) in [6, 6.07) is 12.6. The zero-order valence-electron chi connectivity index (χ0n) is 18.3. The van der Waals surface area contributed by atoms with Crippen LogP contribution >= 0.6 is 0 Å². The Balaban J connectivity index is 2.38. The monoisotopic (exact) mass is 512 g/mol. The van der Waals surface area contributed by atoms with Crippen LogP contribution in [-0.4, -0.2) is 38.4 Å². The maximum absolute atomic E-state index is 13.2. The Hall–Kier alpha value is -4.47. The highest BCUT2D eigenvalue weighted by molar-refractivity contribution is 6.19. The second kappa shape index (κ2) is 9.65. The van der Waals surface area contributed by atoms with Crippen molar-refractivity contribution < 1.29 is 49.8 Å². The molecule has 3 rings (SSSR count). The molecule has 0 aliphatic heterocycles. The Bertz CT molecular complexity index is 1290. The Morgan fingerprint density at radius 2 is 1.22 bits per heavy atom. The fraction of sp³-hybridized carbons (Fsp3) is 0.174. The van der Waals surface area contributed by atoms with Crippen LogP contribution in [0.25, 0.3) is 22.5 Å². The van der Waals surface area contributed by atoms with Gasteiger partial charge in [0, 0.05) is 11.1 Å². The lowest BCUT2D eigenvalue weighted by Crippen LogP contribution is -2.50. The first-order valence-electron chi connectivity index (χ1n) is 9.71. The fourth-order valence-electron chi connectivity index (χ4n) is 3.19. The molecular formula is C23H14F6N2O5. The lowest BCUT2D eigenvalue weighted by atomic mass is 9.98. The van der Waals surface area contributed by atoms with Crippen molar-refractivity contribution >= 4 is 17.7 Å². The van der Waals surface area contributed by atoms with Gasteiger partial charge in [0.15, 0.2) is 0 Å². The van der Waals surface area contributed by atoms with Gasteiger partial charge in [-0.15, -0.1) is 0 Å². The largest absolute Gasteiger partial charge is 0.497 e. The molecule has 0 spiro atoms. The number of imide groups is 1.